The summed E-state index contributed by atoms with van der Waals surface area (Å²) in [5.41, 5.74) is 0.196. The molecule has 2 saturated heterocycles. The molecule has 0 radical (unpaired) electrons. The molecule has 3 heterocycles. The summed E-state index contributed by atoms with van der Waals surface area (Å²) in [4.78, 5) is 32.0. The number of hydrogen-bond donors (Lipinski definition) is 2. The smallest absolute Gasteiger partial charge is 0.274 e. The third-order valence-electron chi connectivity index (χ3n) is 4.40. The van der Waals surface area contributed by atoms with E-state index in [0.29, 0.717) is 0 Å². The molecule has 7 heteroatoms. The van der Waals surface area contributed by atoms with Crippen LogP contribution in [0.5, 0.6) is 5.75 Å². The van der Waals surface area contributed by atoms with Gasteiger partial charge in [-0.1, -0.05) is 0 Å². The summed E-state index contributed by atoms with van der Waals surface area (Å²) in [7, 11) is 2.08. The molecule has 0 atom stereocenters. The minimum Gasteiger partial charge on any atom is -0.505 e. The van der Waals surface area contributed by atoms with Crippen LogP contribution in [0.1, 0.15) is 16.9 Å². The maximum absolute atomic E-state index is 12.2. The summed E-state index contributed by atoms with van der Waals surface area (Å²) in [6.07, 6.45) is 2.45. The van der Waals surface area contributed by atoms with Crippen molar-refractivity contribution in [2.45, 2.75) is 6.42 Å². The second-order valence-corrected chi connectivity index (χ2v) is 6.29. The molecule has 0 saturated carbocycles. The summed E-state index contributed by atoms with van der Waals surface area (Å²) >= 11 is 0. The van der Waals surface area contributed by atoms with Crippen LogP contribution in [0.2, 0.25) is 0 Å². The summed E-state index contributed by atoms with van der Waals surface area (Å²) in [5, 5.41) is 12.1. The van der Waals surface area contributed by atoms with Crippen molar-refractivity contribution in [1.29, 1.82) is 0 Å². The molecule has 7 nitrogen and oxygen atoms in total. The van der Waals surface area contributed by atoms with Gasteiger partial charge in [-0.25, -0.2) is 4.98 Å². The number of nitrogens with one attached hydrogen (secondary N) is 1. The first-order chi connectivity index (χ1) is 10.5. The van der Waals surface area contributed by atoms with Crippen LogP contribution >= 0.6 is 0 Å². The van der Waals surface area contributed by atoms with Crippen molar-refractivity contribution in [2.75, 3.05) is 39.8 Å². The lowest BCUT2D eigenvalue weighted by Crippen LogP contribution is -2.56. The van der Waals surface area contributed by atoms with Gasteiger partial charge in [0.2, 0.25) is 5.91 Å². The largest absolute Gasteiger partial charge is 0.505 e. The van der Waals surface area contributed by atoms with Gasteiger partial charge < -0.3 is 20.2 Å². The highest BCUT2D eigenvalue weighted by atomic mass is 16.3. The molecule has 1 aromatic rings. The first-order valence-corrected chi connectivity index (χ1v) is 7.38. The van der Waals surface area contributed by atoms with Gasteiger partial charge in [-0.15, -0.1) is 0 Å². The van der Waals surface area contributed by atoms with Crippen LogP contribution in [-0.2, 0) is 4.79 Å². The number of hydrogen-bond acceptors (Lipinski definition) is 5. The topological polar surface area (TPSA) is 85.8 Å². The van der Waals surface area contributed by atoms with E-state index in [1.807, 2.05) is 4.90 Å². The van der Waals surface area contributed by atoms with Crippen LogP contribution in [0.25, 0.3) is 0 Å². The molecule has 1 aromatic heterocycles. The zero-order chi connectivity index (χ0) is 15.7. The molecule has 2 fully saturated rings. The van der Waals surface area contributed by atoms with Gasteiger partial charge in [0.1, 0.15) is 5.75 Å². The first-order valence-electron chi connectivity index (χ1n) is 7.38. The van der Waals surface area contributed by atoms with Crippen molar-refractivity contribution >= 4 is 11.8 Å². The van der Waals surface area contributed by atoms with Gasteiger partial charge in [0.05, 0.1) is 6.54 Å². The average molecular weight is 304 g/mol. The van der Waals surface area contributed by atoms with Crippen molar-refractivity contribution in [1.82, 2.24) is 20.1 Å². The zero-order valence-electron chi connectivity index (χ0n) is 12.6. The molecular weight excluding hydrogens is 284 g/mol. The average Bonchev–Trinajstić information content (AvgIpc) is 2.90. The number of carbonyl (C=O) groups is 2. The molecular formula is C15H20N4O3. The summed E-state index contributed by atoms with van der Waals surface area (Å²) in [6.45, 7) is 3.51. The van der Waals surface area contributed by atoms with E-state index in [1.54, 1.807) is 0 Å². The number of rotatable bonds is 3. The Morgan fingerprint density at radius 1 is 1.41 bits per heavy atom. The van der Waals surface area contributed by atoms with E-state index < -0.39 is 5.91 Å². The minimum absolute atomic E-state index is 0.0613. The maximum Gasteiger partial charge on any atom is 0.274 e. The van der Waals surface area contributed by atoms with E-state index in [9.17, 15) is 14.7 Å². The summed E-state index contributed by atoms with van der Waals surface area (Å²) < 4.78 is 0. The highest BCUT2D eigenvalue weighted by molar-refractivity contribution is 5.96. The second kappa shape index (κ2) is 5.57. The highest BCUT2D eigenvalue weighted by Crippen LogP contribution is 2.38. The van der Waals surface area contributed by atoms with Gasteiger partial charge >= 0.3 is 0 Å². The lowest BCUT2D eigenvalue weighted by molar-refractivity contribution is -0.130. The molecule has 118 valence electrons. The van der Waals surface area contributed by atoms with E-state index in [2.05, 4.69) is 22.2 Å². The van der Waals surface area contributed by atoms with Crippen LogP contribution in [0.15, 0.2) is 18.3 Å². The molecule has 0 bridgehead atoms. The quantitative estimate of drug-likeness (QED) is 0.799. The number of amides is 2. The lowest BCUT2D eigenvalue weighted by Gasteiger charge is -2.46. The second-order valence-electron chi connectivity index (χ2n) is 6.29. The predicted octanol–water partition coefficient (Wildman–Crippen LogP) is -0.319. The Morgan fingerprint density at radius 2 is 2.18 bits per heavy atom. The Hall–Kier alpha value is -2.15. The number of nitrogens with zero attached hydrogens (tertiary/aromatic N) is 3. The Bertz CT molecular complexity index is 598. The molecule has 0 unspecified atom stereocenters. The van der Waals surface area contributed by atoms with Crippen molar-refractivity contribution < 1.29 is 14.7 Å². The lowest BCUT2D eigenvalue weighted by atomic mass is 9.79. The fourth-order valence-corrected chi connectivity index (χ4v) is 3.43. The molecule has 2 aliphatic rings. The number of pyridine rings is 1. The Labute approximate surface area is 128 Å². The molecule has 2 aliphatic heterocycles. The van der Waals surface area contributed by atoms with E-state index >= 15 is 0 Å². The summed E-state index contributed by atoms with van der Waals surface area (Å²) in [6, 6.07) is 2.93. The van der Waals surface area contributed by atoms with Crippen molar-refractivity contribution in [3.63, 3.8) is 0 Å². The van der Waals surface area contributed by atoms with Gasteiger partial charge in [0, 0.05) is 37.8 Å². The van der Waals surface area contributed by atoms with Gasteiger partial charge in [0.15, 0.2) is 5.69 Å². The van der Waals surface area contributed by atoms with Gasteiger partial charge in [0.25, 0.3) is 5.91 Å². The Morgan fingerprint density at radius 3 is 2.86 bits per heavy atom. The van der Waals surface area contributed by atoms with Crippen molar-refractivity contribution in [3.05, 3.63) is 24.0 Å². The van der Waals surface area contributed by atoms with Crippen molar-refractivity contribution in [2.24, 2.45) is 5.41 Å². The number of carbonyl (C=O) groups excluding carboxylic acids is 2. The first kappa shape index (κ1) is 14.8. The molecule has 2 N–H and O–H groups in total. The fraction of sp³-hybridized carbons (Fsp3) is 0.533. The van der Waals surface area contributed by atoms with Crippen LogP contribution in [0, 0.1) is 5.41 Å². The van der Waals surface area contributed by atoms with E-state index in [-0.39, 0.29) is 29.3 Å². The maximum atomic E-state index is 12.2. The van der Waals surface area contributed by atoms with Crippen LogP contribution in [0.3, 0.4) is 0 Å². The van der Waals surface area contributed by atoms with Crippen LogP contribution < -0.4 is 5.32 Å². The van der Waals surface area contributed by atoms with E-state index in [0.717, 1.165) is 32.6 Å². The van der Waals surface area contributed by atoms with Gasteiger partial charge in [-0.05, 0) is 25.6 Å². The van der Waals surface area contributed by atoms with Crippen LogP contribution in [0.4, 0.5) is 0 Å². The van der Waals surface area contributed by atoms with Crippen molar-refractivity contribution in [3.8, 4) is 5.75 Å². The van der Waals surface area contributed by atoms with Gasteiger partial charge in [-0.3, -0.25) is 9.59 Å². The third kappa shape index (κ3) is 2.76. The molecule has 3 rings (SSSR count). The molecule has 22 heavy (non-hydrogen) atoms. The zero-order valence-corrected chi connectivity index (χ0v) is 12.6. The molecule has 0 aliphatic carbocycles. The number of aromatic hydroxyl groups is 1. The number of likely N-dealkylation sites (tertiary alicyclic amines) is 2. The highest BCUT2D eigenvalue weighted by Gasteiger charge is 2.47. The standard InChI is InChI=1S/C15H20N4O3/c1-18-8-15(9-18)4-6-19(10-15)12(21)7-17-14(22)13-11(20)3-2-5-16-13/h2-3,5,20H,4,6-10H2,1H3,(H,17,22). The predicted molar refractivity (Wildman–Crippen MR) is 79.4 cm³/mol. The molecule has 0 aromatic carbocycles. The molecule has 1 spiro atoms. The molecule has 2 amide bonds. The SMILES string of the molecule is CN1CC2(CCN(C(=O)CNC(=O)c3ncccc3O)C2)C1. The fourth-order valence-electron chi connectivity index (χ4n) is 3.43. The Balaban J connectivity index is 1.51. The van der Waals surface area contributed by atoms with Crippen LogP contribution in [-0.4, -0.2) is 71.5 Å². The summed E-state index contributed by atoms with van der Waals surface area (Å²) in [5.74, 6) is -0.816. The van der Waals surface area contributed by atoms with Gasteiger partial charge in [-0.2, -0.15) is 0 Å². The number of aromatic nitrogens is 1. The van der Waals surface area contributed by atoms with E-state index in [4.69, 9.17) is 0 Å². The minimum atomic E-state index is -0.538. The monoisotopic (exact) mass is 304 g/mol. The third-order valence-corrected chi connectivity index (χ3v) is 4.40. The normalized spacial score (nSPS) is 20.0. The Kier molecular flexibility index (Phi) is 3.74. The van der Waals surface area contributed by atoms with E-state index in [1.165, 1.54) is 18.3 Å².